The number of aromatic hydroxyl groups is 1. The van der Waals surface area contributed by atoms with Crippen molar-refractivity contribution in [1.82, 2.24) is 4.98 Å². The lowest BCUT2D eigenvalue weighted by molar-refractivity contribution is -0.137. The molecule has 1 aromatic carbocycles. The summed E-state index contributed by atoms with van der Waals surface area (Å²) in [6.07, 6.45) is 1.08. The van der Waals surface area contributed by atoms with E-state index in [9.17, 15) is 14.7 Å². The zero-order valence-electron chi connectivity index (χ0n) is 12.5. The molecule has 1 amide bonds. The highest BCUT2D eigenvalue weighted by Gasteiger charge is 2.23. The van der Waals surface area contributed by atoms with E-state index in [-0.39, 0.29) is 28.2 Å². The third kappa shape index (κ3) is 3.20. The molecule has 122 valence electrons. The number of nitrogens with one attached hydrogen (secondary N) is 1. The molecule has 24 heavy (non-hydrogen) atoms. The van der Waals surface area contributed by atoms with Crippen molar-refractivity contribution >= 4 is 45.4 Å². The number of aromatic amines is 1. The number of esters is 1. The highest BCUT2D eigenvalue weighted by atomic mass is 32.2. The SMILES string of the molecule is CCOC(=O)/C=C1/SC(N=Nc2c(O)[nH]c3ccccc23)=NC1=O. The molecule has 0 saturated carbocycles. The lowest BCUT2D eigenvalue weighted by Gasteiger charge is -1.95. The molecular formula is C15H12N4O4S. The number of benzene rings is 1. The van der Waals surface area contributed by atoms with Crippen molar-refractivity contribution in [2.75, 3.05) is 6.61 Å². The predicted molar refractivity (Wildman–Crippen MR) is 89.2 cm³/mol. The zero-order valence-corrected chi connectivity index (χ0v) is 13.3. The van der Waals surface area contributed by atoms with E-state index in [0.717, 1.165) is 17.8 Å². The third-order valence-electron chi connectivity index (χ3n) is 3.04. The van der Waals surface area contributed by atoms with E-state index in [0.29, 0.717) is 10.9 Å². The van der Waals surface area contributed by atoms with Gasteiger partial charge < -0.3 is 14.8 Å². The highest BCUT2D eigenvalue weighted by molar-refractivity contribution is 8.18. The number of thioether (sulfide) groups is 1. The van der Waals surface area contributed by atoms with Crippen LogP contribution in [-0.4, -0.2) is 33.7 Å². The Morgan fingerprint density at radius 2 is 2.21 bits per heavy atom. The van der Waals surface area contributed by atoms with Crippen molar-refractivity contribution in [3.05, 3.63) is 35.2 Å². The van der Waals surface area contributed by atoms with Crippen LogP contribution in [0.3, 0.4) is 0 Å². The molecule has 9 heteroatoms. The van der Waals surface area contributed by atoms with E-state index in [2.05, 4.69) is 20.2 Å². The van der Waals surface area contributed by atoms with Gasteiger partial charge in [0.15, 0.2) is 5.69 Å². The molecule has 2 N–H and O–H groups in total. The van der Waals surface area contributed by atoms with Crippen LogP contribution in [0.2, 0.25) is 0 Å². The minimum absolute atomic E-state index is 0.0835. The summed E-state index contributed by atoms with van der Waals surface area (Å²) >= 11 is 0.915. The molecule has 0 aliphatic carbocycles. The Bertz CT molecular complexity index is 913. The summed E-state index contributed by atoms with van der Waals surface area (Å²) in [5, 5.41) is 18.5. The molecule has 0 fully saturated rings. The molecule has 0 bridgehead atoms. The first-order valence-corrected chi connectivity index (χ1v) is 7.81. The Hall–Kier alpha value is -2.94. The number of hydrogen-bond donors (Lipinski definition) is 2. The van der Waals surface area contributed by atoms with Crippen LogP contribution in [-0.2, 0) is 14.3 Å². The first-order chi connectivity index (χ1) is 11.6. The summed E-state index contributed by atoms with van der Waals surface area (Å²) in [6.45, 7) is 1.89. The Kier molecular flexibility index (Phi) is 4.43. The number of rotatable bonds is 3. The van der Waals surface area contributed by atoms with Gasteiger partial charge in [-0.1, -0.05) is 18.2 Å². The van der Waals surface area contributed by atoms with Crippen LogP contribution in [0.25, 0.3) is 10.9 Å². The maximum absolute atomic E-state index is 11.7. The van der Waals surface area contributed by atoms with Crippen LogP contribution in [0.15, 0.2) is 50.5 Å². The molecule has 1 aliphatic heterocycles. The number of carbonyl (C=O) groups is 2. The van der Waals surface area contributed by atoms with Crippen molar-refractivity contribution in [3.8, 4) is 5.88 Å². The molecule has 2 aromatic rings. The Morgan fingerprint density at radius 1 is 1.42 bits per heavy atom. The molecule has 2 heterocycles. The number of H-pyrrole nitrogens is 1. The molecule has 1 aromatic heterocycles. The number of aliphatic imine (C=N–C) groups is 1. The fraction of sp³-hybridized carbons (Fsp3) is 0.133. The van der Waals surface area contributed by atoms with Crippen molar-refractivity contribution in [2.45, 2.75) is 6.92 Å². The topological polar surface area (TPSA) is 116 Å². The lowest BCUT2D eigenvalue weighted by atomic mass is 10.2. The van der Waals surface area contributed by atoms with E-state index in [1.54, 1.807) is 25.1 Å². The average Bonchev–Trinajstić information content (AvgIpc) is 3.05. The predicted octanol–water partition coefficient (Wildman–Crippen LogP) is 3.03. The normalized spacial score (nSPS) is 16.3. The molecule has 8 nitrogen and oxygen atoms in total. The maximum atomic E-state index is 11.7. The number of amides is 1. The van der Waals surface area contributed by atoms with Gasteiger partial charge in [-0.15, -0.1) is 10.2 Å². The highest BCUT2D eigenvalue weighted by Crippen LogP contribution is 2.36. The van der Waals surface area contributed by atoms with Crippen molar-refractivity contribution < 1.29 is 19.4 Å². The van der Waals surface area contributed by atoms with Gasteiger partial charge >= 0.3 is 5.97 Å². The van der Waals surface area contributed by atoms with E-state index in [1.165, 1.54) is 0 Å². The van der Waals surface area contributed by atoms with Crippen LogP contribution in [0, 0.1) is 0 Å². The summed E-state index contributed by atoms with van der Waals surface area (Å²) in [5.74, 6) is -1.32. The van der Waals surface area contributed by atoms with Gasteiger partial charge in [0.2, 0.25) is 11.0 Å². The quantitative estimate of drug-likeness (QED) is 0.504. The second kappa shape index (κ2) is 6.67. The third-order valence-corrected chi connectivity index (χ3v) is 3.91. The minimum Gasteiger partial charge on any atom is -0.493 e. The van der Waals surface area contributed by atoms with Crippen molar-refractivity contribution in [1.29, 1.82) is 0 Å². The van der Waals surface area contributed by atoms with E-state index < -0.39 is 11.9 Å². The lowest BCUT2D eigenvalue weighted by Crippen LogP contribution is -2.02. The van der Waals surface area contributed by atoms with E-state index in [4.69, 9.17) is 4.74 Å². The first-order valence-electron chi connectivity index (χ1n) is 6.99. The number of hydrogen-bond acceptors (Lipinski definition) is 7. The standard InChI is InChI=1S/C15H12N4O4S/c1-2-23-11(20)7-10-13(21)17-15(24-10)19-18-12-8-5-3-4-6-9(8)16-14(12)22/h3-7,16,22H,2H2,1H3/b10-7+,19-18?. The second-order valence-electron chi connectivity index (χ2n) is 4.63. The van der Waals surface area contributed by atoms with Gasteiger partial charge in [0.25, 0.3) is 5.91 Å². The number of aromatic nitrogens is 1. The molecule has 0 atom stereocenters. The largest absolute Gasteiger partial charge is 0.493 e. The van der Waals surface area contributed by atoms with Gasteiger partial charge in [0.05, 0.1) is 17.0 Å². The van der Waals surface area contributed by atoms with Gasteiger partial charge in [-0.05, 0) is 24.8 Å². The van der Waals surface area contributed by atoms with Crippen LogP contribution in [0.1, 0.15) is 6.92 Å². The summed E-state index contributed by atoms with van der Waals surface area (Å²) < 4.78 is 4.75. The number of ether oxygens (including phenoxy) is 1. The van der Waals surface area contributed by atoms with Crippen molar-refractivity contribution in [3.63, 3.8) is 0 Å². The van der Waals surface area contributed by atoms with Gasteiger partial charge in [0, 0.05) is 11.5 Å². The number of azo groups is 1. The summed E-state index contributed by atoms with van der Waals surface area (Å²) in [4.78, 5) is 29.7. The minimum atomic E-state index is -0.615. The number of nitrogens with zero attached hydrogens (tertiary/aromatic N) is 3. The maximum Gasteiger partial charge on any atom is 0.332 e. The van der Waals surface area contributed by atoms with Crippen molar-refractivity contribution in [2.24, 2.45) is 15.2 Å². The van der Waals surface area contributed by atoms with Crippen LogP contribution >= 0.6 is 11.8 Å². The Balaban J connectivity index is 1.80. The number of carbonyl (C=O) groups excluding carboxylic acids is 2. The number of para-hydroxylation sites is 1. The number of amidine groups is 1. The van der Waals surface area contributed by atoms with Crippen LogP contribution in [0.5, 0.6) is 5.88 Å². The summed E-state index contributed by atoms with van der Waals surface area (Å²) in [7, 11) is 0. The van der Waals surface area contributed by atoms with E-state index in [1.807, 2.05) is 6.07 Å². The summed E-state index contributed by atoms with van der Waals surface area (Å²) in [6, 6.07) is 7.20. The molecular weight excluding hydrogens is 332 g/mol. The number of fused-ring (bicyclic) bond motifs is 1. The van der Waals surface area contributed by atoms with Crippen LogP contribution < -0.4 is 0 Å². The van der Waals surface area contributed by atoms with Gasteiger partial charge in [-0.25, -0.2) is 4.79 Å². The van der Waals surface area contributed by atoms with Gasteiger partial charge in [-0.3, -0.25) is 4.79 Å². The molecule has 0 saturated heterocycles. The van der Waals surface area contributed by atoms with E-state index >= 15 is 0 Å². The van der Waals surface area contributed by atoms with Gasteiger partial charge in [0.1, 0.15) is 0 Å². The van der Waals surface area contributed by atoms with Crippen LogP contribution in [0.4, 0.5) is 5.69 Å². The zero-order chi connectivity index (χ0) is 17.1. The fourth-order valence-corrected chi connectivity index (χ4v) is 2.73. The molecule has 0 spiro atoms. The second-order valence-corrected chi connectivity index (χ2v) is 5.64. The summed E-state index contributed by atoms with van der Waals surface area (Å²) in [5.41, 5.74) is 0.966. The molecule has 1 aliphatic rings. The Morgan fingerprint density at radius 3 is 3.00 bits per heavy atom. The molecule has 0 unspecified atom stereocenters. The fourth-order valence-electron chi connectivity index (χ4n) is 2.04. The first kappa shape index (κ1) is 15.9. The average molecular weight is 344 g/mol. The molecule has 0 radical (unpaired) electrons. The van der Waals surface area contributed by atoms with Gasteiger partial charge in [-0.2, -0.15) is 4.99 Å². The smallest absolute Gasteiger partial charge is 0.332 e. The Labute approximate surface area is 140 Å². The monoisotopic (exact) mass is 344 g/mol. The molecule has 3 rings (SSSR count).